The number of benzene rings is 2. The highest BCUT2D eigenvalue weighted by Gasteiger charge is 2.12. The van der Waals surface area contributed by atoms with Gasteiger partial charge in [0.05, 0.1) is 12.6 Å². The highest BCUT2D eigenvalue weighted by molar-refractivity contribution is 9.10. The zero-order chi connectivity index (χ0) is 15.1. The molecule has 3 heteroatoms. The van der Waals surface area contributed by atoms with Crippen LogP contribution in [0.25, 0.3) is 0 Å². The van der Waals surface area contributed by atoms with Crippen LogP contribution in [0.5, 0.6) is 5.75 Å². The van der Waals surface area contributed by atoms with Gasteiger partial charge in [0.15, 0.2) is 0 Å². The van der Waals surface area contributed by atoms with Crippen molar-refractivity contribution < 1.29 is 4.74 Å². The smallest absolute Gasteiger partial charge is 0.119 e. The van der Waals surface area contributed by atoms with Crippen molar-refractivity contribution in [3.63, 3.8) is 0 Å². The molecule has 2 nitrogen and oxygen atoms in total. The second-order valence-corrected chi connectivity index (χ2v) is 5.88. The Balaban J connectivity index is 2.19. The molecule has 0 aliphatic heterocycles. The Labute approximate surface area is 135 Å². The van der Waals surface area contributed by atoms with Gasteiger partial charge in [-0.3, -0.25) is 0 Å². The Bertz CT molecular complexity index is 536. The van der Waals surface area contributed by atoms with Gasteiger partial charge in [-0.25, -0.2) is 0 Å². The molecule has 0 bridgehead atoms. The molecule has 1 N–H and O–H groups in total. The van der Waals surface area contributed by atoms with Crippen LogP contribution in [0.2, 0.25) is 0 Å². The van der Waals surface area contributed by atoms with Crippen LogP contribution in [-0.2, 0) is 0 Å². The molecule has 21 heavy (non-hydrogen) atoms. The van der Waals surface area contributed by atoms with Crippen molar-refractivity contribution in [1.82, 2.24) is 5.32 Å². The lowest BCUT2D eigenvalue weighted by Gasteiger charge is -2.19. The highest BCUT2D eigenvalue weighted by Crippen LogP contribution is 2.25. The van der Waals surface area contributed by atoms with Crippen LogP contribution in [0.3, 0.4) is 0 Å². The van der Waals surface area contributed by atoms with E-state index in [1.54, 1.807) is 0 Å². The molecule has 112 valence electrons. The lowest BCUT2D eigenvalue weighted by atomic mass is 9.98. The van der Waals surface area contributed by atoms with Crippen LogP contribution in [-0.4, -0.2) is 13.2 Å². The summed E-state index contributed by atoms with van der Waals surface area (Å²) in [6.45, 7) is 5.94. The van der Waals surface area contributed by atoms with Crippen molar-refractivity contribution >= 4 is 15.9 Å². The lowest BCUT2D eigenvalue weighted by Crippen LogP contribution is -2.21. The van der Waals surface area contributed by atoms with E-state index in [9.17, 15) is 0 Å². The molecule has 2 rings (SSSR count). The highest BCUT2D eigenvalue weighted by atomic mass is 79.9. The predicted molar refractivity (Wildman–Crippen MR) is 91.9 cm³/mol. The first-order valence-corrected chi connectivity index (χ1v) is 8.25. The summed E-state index contributed by atoms with van der Waals surface area (Å²) in [5.74, 6) is 0.937. The number of ether oxygens (including phenoxy) is 1. The van der Waals surface area contributed by atoms with Gasteiger partial charge in [-0.1, -0.05) is 54.0 Å². The van der Waals surface area contributed by atoms with E-state index in [1.165, 1.54) is 11.1 Å². The molecule has 0 aromatic heterocycles. The molecule has 0 fully saturated rings. The molecule has 0 saturated heterocycles. The summed E-state index contributed by atoms with van der Waals surface area (Å²) >= 11 is 3.49. The summed E-state index contributed by atoms with van der Waals surface area (Å²) in [5, 5.41) is 3.54. The second-order valence-electron chi connectivity index (χ2n) is 4.96. The van der Waals surface area contributed by atoms with E-state index in [1.807, 2.05) is 12.1 Å². The minimum atomic E-state index is 0.211. The third kappa shape index (κ3) is 4.58. The largest absolute Gasteiger partial charge is 0.494 e. The van der Waals surface area contributed by atoms with Gasteiger partial charge in [0.25, 0.3) is 0 Å². The molecule has 0 amide bonds. The summed E-state index contributed by atoms with van der Waals surface area (Å²) in [6, 6.07) is 17.1. The Hall–Kier alpha value is -1.32. The van der Waals surface area contributed by atoms with E-state index >= 15 is 0 Å². The molecule has 2 aromatic rings. The van der Waals surface area contributed by atoms with Crippen LogP contribution in [0, 0.1) is 0 Å². The Morgan fingerprint density at radius 1 is 0.952 bits per heavy atom. The number of rotatable bonds is 7. The number of halogens is 1. The quantitative estimate of drug-likeness (QED) is 0.765. The van der Waals surface area contributed by atoms with Crippen molar-refractivity contribution in [2.24, 2.45) is 0 Å². The maximum atomic E-state index is 5.64. The van der Waals surface area contributed by atoms with Crippen molar-refractivity contribution in [1.29, 1.82) is 0 Å². The maximum absolute atomic E-state index is 5.64. The van der Waals surface area contributed by atoms with Gasteiger partial charge in [-0.15, -0.1) is 0 Å². The maximum Gasteiger partial charge on any atom is 0.119 e. The topological polar surface area (TPSA) is 21.3 Å². The molecular weight excluding hydrogens is 326 g/mol. The molecule has 0 saturated carbocycles. The first-order chi connectivity index (χ1) is 10.2. The van der Waals surface area contributed by atoms with E-state index in [0.717, 1.165) is 29.8 Å². The molecular formula is C18H22BrNO. The van der Waals surface area contributed by atoms with Gasteiger partial charge in [0.1, 0.15) is 5.75 Å². The van der Waals surface area contributed by atoms with Crippen LogP contribution >= 0.6 is 15.9 Å². The number of nitrogens with one attached hydrogen (secondary N) is 1. The van der Waals surface area contributed by atoms with Gasteiger partial charge in [0, 0.05) is 4.47 Å². The van der Waals surface area contributed by atoms with Crippen LogP contribution in [0.4, 0.5) is 0 Å². The fourth-order valence-corrected chi connectivity index (χ4v) is 2.53. The third-order valence-electron chi connectivity index (χ3n) is 3.30. The summed E-state index contributed by atoms with van der Waals surface area (Å²) in [5.41, 5.74) is 2.52. The fourth-order valence-electron chi connectivity index (χ4n) is 2.26. The van der Waals surface area contributed by atoms with Gasteiger partial charge in [-0.2, -0.15) is 0 Å². The number of hydrogen-bond donors (Lipinski definition) is 1. The summed E-state index contributed by atoms with van der Waals surface area (Å²) in [7, 11) is 0. The second kappa shape index (κ2) is 8.20. The van der Waals surface area contributed by atoms with Crippen LogP contribution in [0.1, 0.15) is 37.4 Å². The van der Waals surface area contributed by atoms with E-state index in [2.05, 4.69) is 71.5 Å². The Morgan fingerprint density at radius 3 is 2.05 bits per heavy atom. The van der Waals surface area contributed by atoms with E-state index < -0.39 is 0 Å². The van der Waals surface area contributed by atoms with Crippen LogP contribution in [0.15, 0.2) is 53.0 Å². The first kappa shape index (κ1) is 16.1. The first-order valence-electron chi connectivity index (χ1n) is 7.46. The summed E-state index contributed by atoms with van der Waals surface area (Å²) < 4.78 is 6.75. The van der Waals surface area contributed by atoms with E-state index in [4.69, 9.17) is 4.74 Å². The molecule has 0 spiro atoms. The van der Waals surface area contributed by atoms with Gasteiger partial charge < -0.3 is 10.1 Å². The van der Waals surface area contributed by atoms with E-state index in [0.29, 0.717) is 0 Å². The van der Waals surface area contributed by atoms with Gasteiger partial charge in [0.2, 0.25) is 0 Å². The Morgan fingerprint density at radius 2 is 1.52 bits per heavy atom. The van der Waals surface area contributed by atoms with Crippen molar-refractivity contribution in [2.75, 3.05) is 13.2 Å². The predicted octanol–water partition coefficient (Wildman–Crippen LogP) is 4.94. The minimum Gasteiger partial charge on any atom is -0.494 e. The van der Waals surface area contributed by atoms with Crippen molar-refractivity contribution in [2.45, 2.75) is 26.3 Å². The lowest BCUT2D eigenvalue weighted by molar-refractivity contribution is 0.317. The Kier molecular flexibility index (Phi) is 6.27. The molecule has 2 aromatic carbocycles. The average molecular weight is 348 g/mol. The normalized spacial score (nSPS) is 12.1. The van der Waals surface area contributed by atoms with Crippen molar-refractivity contribution in [3.8, 4) is 5.75 Å². The monoisotopic (exact) mass is 347 g/mol. The van der Waals surface area contributed by atoms with Crippen molar-refractivity contribution in [3.05, 3.63) is 64.1 Å². The minimum absolute atomic E-state index is 0.211. The van der Waals surface area contributed by atoms with Gasteiger partial charge in [-0.05, 0) is 48.4 Å². The zero-order valence-corrected chi connectivity index (χ0v) is 14.2. The molecule has 0 heterocycles. The van der Waals surface area contributed by atoms with Gasteiger partial charge >= 0.3 is 0 Å². The zero-order valence-electron chi connectivity index (χ0n) is 12.6. The number of hydrogen-bond acceptors (Lipinski definition) is 2. The standard InChI is InChI=1S/C18H22BrNO/c1-3-13-21-17-11-7-15(8-12-17)18(20-4-2)14-5-9-16(19)10-6-14/h5-12,18,20H,3-4,13H2,1-2H3. The van der Waals surface area contributed by atoms with E-state index in [-0.39, 0.29) is 6.04 Å². The van der Waals surface area contributed by atoms with Crippen LogP contribution < -0.4 is 10.1 Å². The molecule has 0 aliphatic carbocycles. The SMILES string of the molecule is CCCOc1ccc(C(NCC)c2ccc(Br)cc2)cc1. The molecule has 1 unspecified atom stereocenters. The molecule has 0 radical (unpaired) electrons. The fraction of sp³-hybridized carbons (Fsp3) is 0.333. The summed E-state index contributed by atoms with van der Waals surface area (Å²) in [4.78, 5) is 0. The third-order valence-corrected chi connectivity index (χ3v) is 3.83. The molecule has 0 aliphatic rings. The summed E-state index contributed by atoms with van der Waals surface area (Å²) in [6.07, 6.45) is 1.03. The molecule has 1 atom stereocenters. The average Bonchev–Trinajstić information content (AvgIpc) is 2.52.